The Kier molecular flexibility index (Phi) is 4.58. The number of aromatic nitrogens is 2. The van der Waals surface area contributed by atoms with Crippen LogP contribution in [0.5, 0.6) is 0 Å². The van der Waals surface area contributed by atoms with E-state index in [1.165, 1.54) is 51.6 Å². The molecular weight excluding hydrogens is 262 g/mol. The minimum Gasteiger partial charge on any atom is -0.369 e. The van der Waals surface area contributed by atoms with Crippen molar-refractivity contribution in [2.45, 2.75) is 51.5 Å². The minimum atomic E-state index is 0.346. The first kappa shape index (κ1) is 14.6. The number of hydrogen-bond donors (Lipinski definition) is 2. The first-order valence-electron chi connectivity index (χ1n) is 8.29. The van der Waals surface area contributed by atoms with E-state index >= 15 is 0 Å². The van der Waals surface area contributed by atoms with Gasteiger partial charge in [-0.3, -0.25) is 0 Å². The molecule has 2 aliphatic rings. The van der Waals surface area contributed by atoms with Crippen LogP contribution in [0.3, 0.4) is 0 Å². The lowest BCUT2D eigenvalue weighted by Gasteiger charge is -2.36. The maximum absolute atomic E-state index is 5.66. The highest BCUT2D eigenvalue weighted by Crippen LogP contribution is 2.28. The number of hydrogen-bond acceptors (Lipinski definition) is 5. The van der Waals surface area contributed by atoms with Crippen LogP contribution in [0.4, 0.5) is 11.8 Å². The number of piperidine rings is 1. The average molecular weight is 289 g/mol. The van der Waals surface area contributed by atoms with E-state index in [1.807, 2.05) is 6.92 Å². The van der Waals surface area contributed by atoms with Gasteiger partial charge in [0.2, 0.25) is 5.95 Å². The summed E-state index contributed by atoms with van der Waals surface area (Å²) in [6.07, 6.45) is 10.1. The summed E-state index contributed by atoms with van der Waals surface area (Å²) in [6, 6.07) is 0.878. The normalized spacial score (nSPS) is 21.8. The lowest BCUT2D eigenvalue weighted by molar-refractivity contribution is 0.138. The van der Waals surface area contributed by atoms with Crippen LogP contribution in [0.25, 0.3) is 0 Å². The van der Waals surface area contributed by atoms with Crippen molar-refractivity contribution in [3.63, 3.8) is 0 Å². The predicted octanol–water partition coefficient (Wildman–Crippen LogP) is 2.43. The molecule has 0 atom stereocenters. The second kappa shape index (κ2) is 6.60. The molecule has 21 heavy (non-hydrogen) atoms. The fraction of sp³-hybridized carbons (Fsp3) is 0.750. The largest absolute Gasteiger partial charge is 0.369 e. The van der Waals surface area contributed by atoms with Crippen LogP contribution >= 0.6 is 0 Å². The van der Waals surface area contributed by atoms with Crippen LogP contribution in [-0.4, -0.2) is 40.5 Å². The summed E-state index contributed by atoms with van der Waals surface area (Å²) < 4.78 is 0. The number of aryl methyl sites for hydroxylation is 1. The topological polar surface area (TPSA) is 67.1 Å². The van der Waals surface area contributed by atoms with Gasteiger partial charge < -0.3 is 16.0 Å². The van der Waals surface area contributed by atoms with Crippen molar-refractivity contribution in [2.75, 3.05) is 30.7 Å². The molecule has 2 heterocycles. The Morgan fingerprint density at radius 3 is 2.67 bits per heavy atom. The lowest BCUT2D eigenvalue weighted by Crippen LogP contribution is -2.41. The van der Waals surface area contributed by atoms with Gasteiger partial charge in [-0.1, -0.05) is 12.8 Å². The molecule has 5 nitrogen and oxygen atoms in total. The molecule has 0 bridgehead atoms. The first-order valence-corrected chi connectivity index (χ1v) is 8.29. The van der Waals surface area contributed by atoms with Crippen molar-refractivity contribution in [1.29, 1.82) is 0 Å². The first-order chi connectivity index (χ1) is 10.2. The van der Waals surface area contributed by atoms with E-state index in [2.05, 4.69) is 20.2 Å². The molecule has 1 saturated heterocycles. The number of rotatable bonds is 4. The Bertz CT molecular complexity index is 462. The monoisotopic (exact) mass is 289 g/mol. The third-order valence-electron chi connectivity index (χ3n) is 5.04. The van der Waals surface area contributed by atoms with Crippen molar-refractivity contribution in [2.24, 2.45) is 5.92 Å². The third kappa shape index (κ3) is 3.64. The average Bonchev–Trinajstić information content (AvgIpc) is 3.03. The zero-order valence-corrected chi connectivity index (χ0v) is 13.0. The molecule has 0 unspecified atom stereocenters. The molecule has 2 fully saturated rings. The van der Waals surface area contributed by atoms with E-state index in [-0.39, 0.29) is 0 Å². The van der Waals surface area contributed by atoms with Crippen LogP contribution in [0.1, 0.15) is 44.1 Å². The van der Waals surface area contributed by atoms with Crippen molar-refractivity contribution in [3.05, 3.63) is 11.8 Å². The van der Waals surface area contributed by atoms with E-state index in [0.717, 1.165) is 29.9 Å². The highest BCUT2D eigenvalue weighted by molar-refractivity contribution is 5.45. The standard InChI is InChI=1S/C16H27N5/c1-12-10-19-16(17)20-15(12)18-11-13-6-8-21(9-7-13)14-4-2-3-5-14/h10,13-14H,2-9,11H2,1H3,(H3,17,18,19,20). The molecule has 1 aromatic heterocycles. The fourth-order valence-corrected chi connectivity index (χ4v) is 3.67. The van der Waals surface area contributed by atoms with E-state index < -0.39 is 0 Å². The van der Waals surface area contributed by atoms with Gasteiger partial charge in [0.25, 0.3) is 0 Å². The van der Waals surface area contributed by atoms with Crippen LogP contribution < -0.4 is 11.1 Å². The second-order valence-electron chi connectivity index (χ2n) is 6.56. The molecule has 1 saturated carbocycles. The Morgan fingerprint density at radius 2 is 1.95 bits per heavy atom. The van der Waals surface area contributed by atoms with Crippen LogP contribution in [0, 0.1) is 12.8 Å². The SMILES string of the molecule is Cc1cnc(N)nc1NCC1CCN(C2CCCC2)CC1. The smallest absolute Gasteiger partial charge is 0.221 e. The summed E-state index contributed by atoms with van der Waals surface area (Å²) in [5, 5.41) is 3.46. The fourth-order valence-electron chi connectivity index (χ4n) is 3.67. The highest BCUT2D eigenvalue weighted by Gasteiger charge is 2.26. The zero-order valence-electron chi connectivity index (χ0n) is 13.0. The number of likely N-dealkylation sites (tertiary alicyclic amines) is 1. The molecule has 1 aliphatic heterocycles. The number of anilines is 2. The molecule has 3 N–H and O–H groups in total. The number of nitrogen functional groups attached to an aromatic ring is 1. The molecule has 0 spiro atoms. The summed E-state index contributed by atoms with van der Waals surface area (Å²) in [7, 11) is 0. The van der Waals surface area contributed by atoms with Gasteiger partial charge in [-0.05, 0) is 51.6 Å². The van der Waals surface area contributed by atoms with Crippen molar-refractivity contribution >= 4 is 11.8 Å². The summed E-state index contributed by atoms with van der Waals surface area (Å²) in [5.74, 6) is 1.98. The maximum atomic E-state index is 5.66. The highest BCUT2D eigenvalue weighted by atomic mass is 15.2. The van der Waals surface area contributed by atoms with E-state index in [0.29, 0.717) is 5.95 Å². The molecule has 0 aromatic carbocycles. The molecule has 0 amide bonds. The molecular formula is C16H27N5. The minimum absolute atomic E-state index is 0.346. The quantitative estimate of drug-likeness (QED) is 0.891. The van der Waals surface area contributed by atoms with Gasteiger partial charge in [0.05, 0.1) is 0 Å². The molecule has 3 rings (SSSR count). The van der Waals surface area contributed by atoms with E-state index in [4.69, 9.17) is 5.73 Å². The van der Waals surface area contributed by atoms with E-state index in [9.17, 15) is 0 Å². The van der Waals surface area contributed by atoms with Gasteiger partial charge in [-0.15, -0.1) is 0 Å². The molecule has 1 aromatic rings. The van der Waals surface area contributed by atoms with Gasteiger partial charge in [0.15, 0.2) is 0 Å². The zero-order chi connectivity index (χ0) is 14.7. The van der Waals surface area contributed by atoms with Crippen molar-refractivity contribution in [1.82, 2.24) is 14.9 Å². The number of nitrogens with one attached hydrogen (secondary N) is 1. The van der Waals surface area contributed by atoms with Crippen molar-refractivity contribution < 1.29 is 0 Å². The van der Waals surface area contributed by atoms with Gasteiger partial charge in [0.1, 0.15) is 5.82 Å². The summed E-state index contributed by atoms with van der Waals surface area (Å²) in [4.78, 5) is 11.0. The predicted molar refractivity (Wildman–Crippen MR) is 86.2 cm³/mol. The molecule has 0 radical (unpaired) electrons. The van der Waals surface area contributed by atoms with Gasteiger partial charge in [-0.25, -0.2) is 4.98 Å². The van der Waals surface area contributed by atoms with Gasteiger partial charge >= 0.3 is 0 Å². The summed E-state index contributed by atoms with van der Waals surface area (Å²) >= 11 is 0. The number of nitrogens with zero attached hydrogens (tertiary/aromatic N) is 3. The van der Waals surface area contributed by atoms with E-state index in [1.54, 1.807) is 6.20 Å². The maximum Gasteiger partial charge on any atom is 0.221 e. The van der Waals surface area contributed by atoms with Gasteiger partial charge in [-0.2, -0.15) is 4.98 Å². The van der Waals surface area contributed by atoms with Crippen LogP contribution in [0.15, 0.2) is 6.20 Å². The molecule has 1 aliphatic carbocycles. The Hall–Kier alpha value is -1.36. The Labute approximate surface area is 127 Å². The van der Waals surface area contributed by atoms with Gasteiger partial charge in [0, 0.05) is 24.3 Å². The third-order valence-corrected chi connectivity index (χ3v) is 5.04. The van der Waals surface area contributed by atoms with Crippen molar-refractivity contribution in [3.8, 4) is 0 Å². The summed E-state index contributed by atoms with van der Waals surface area (Å²) in [5.41, 5.74) is 6.72. The Morgan fingerprint density at radius 1 is 1.24 bits per heavy atom. The Balaban J connectivity index is 1.46. The summed E-state index contributed by atoms with van der Waals surface area (Å²) in [6.45, 7) is 5.55. The molecule has 5 heteroatoms. The molecule has 116 valence electrons. The lowest BCUT2D eigenvalue weighted by atomic mass is 9.95. The number of nitrogens with two attached hydrogens (primary N) is 1. The van der Waals surface area contributed by atoms with Crippen LogP contribution in [0.2, 0.25) is 0 Å². The second-order valence-corrected chi connectivity index (χ2v) is 6.56. The van der Waals surface area contributed by atoms with Crippen LogP contribution in [-0.2, 0) is 0 Å².